The first kappa shape index (κ1) is 21.0. The van der Waals surface area contributed by atoms with Crippen molar-refractivity contribution in [3.8, 4) is 6.07 Å². The Balaban J connectivity index is 1.59. The maximum Gasteiger partial charge on any atom is 0.244 e. The molecule has 152 valence electrons. The smallest absolute Gasteiger partial charge is 0.244 e. The van der Waals surface area contributed by atoms with E-state index in [4.69, 9.17) is 0 Å². The van der Waals surface area contributed by atoms with Crippen molar-refractivity contribution in [2.75, 3.05) is 38.0 Å². The van der Waals surface area contributed by atoms with E-state index in [0.717, 1.165) is 16.8 Å². The monoisotopic (exact) mass is 412 g/mol. The zero-order chi connectivity index (χ0) is 21.0. The molecule has 1 saturated heterocycles. The van der Waals surface area contributed by atoms with E-state index in [-0.39, 0.29) is 36.0 Å². The number of nitriles is 1. The third kappa shape index (κ3) is 5.01. The van der Waals surface area contributed by atoms with Crippen molar-refractivity contribution >= 4 is 21.6 Å². The van der Waals surface area contributed by atoms with Crippen molar-refractivity contribution in [2.24, 2.45) is 0 Å². The van der Waals surface area contributed by atoms with E-state index in [2.05, 4.69) is 5.32 Å². The maximum absolute atomic E-state index is 12.9. The number of hydrogen-bond donors (Lipinski definition) is 1. The van der Waals surface area contributed by atoms with Crippen LogP contribution in [0.5, 0.6) is 0 Å². The zero-order valence-electron chi connectivity index (χ0n) is 16.6. The van der Waals surface area contributed by atoms with E-state index in [1.165, 1.54) is 16.4 Å². The number of anilines is 1. The Morgan fingerprint density at radius 3 is 2.31 bits per heavy atom. The fourth-order valence-electron chi connectivity index (χ4n) is 3.50. The van der Waals surface area contributed by atoms with Gasteiger partial charge in [-0.2, -0.15) is 9.57 Å². The minimum absolute atomic E-state index is 0.0310. The summed E-state index contributed by atoms with van der Waals surface area (Å²) in [6, 6.07) is 14.0. The lowest BCUT2D eigenvalue weighted by Gasteiger charge is -2.33. The molecule has 0 saturated carbocycles. The van der Waals surface area contributed by atoms with Crippen molar-refractivity contribution in [3.05, 3.63) is 59.2 Å². The lowest BCUT2D eigenvalue weighted by molar-refractivity contribution is -0.117. The van der Waals surface area contributed by atoms with Crippen LogP contribution in [-0.4, -0.2) is 56.3 Å². The standard InChI is InChI=1S/C21H24N4O3S/c1-16-11-17(2)13-19(12-16)23-21(26)15-24-7-9-25(10-8-24)29(27,28)20-6-4-3-5-18(20)14-22/h3-6,11-13H,7-10,15H2,1-2H3,(H,23,26). The lowest BCUT2D eigenvalue weighted by Crippen LogP contribution is -2.50. The third-order valence-corrected chi connectivity index (χ3v) is 6.79. The number of aryl methyl sites for hydroxylation is 2. The molecule has 1 fully saturated rings. The minimum Gasteiger partial charge on any atom is -0.325 e. The number of nitrogens with zero attached hydrogens (tertiary/aromatic N) is 3. The van der Waals surface area contributed by atoms with Crippen molar-refractivity contribution in [2.45, 2.75) is 18.7 Å². The molecule has 2 aromatic rings. The van der Waals surface area contributed by atoms with E-state index in [0.29, 0.717) is 13.1 Å². The molecule has 0 bridgehead atoms. The van der Waals surface area contributed by atoms with Gasteiger partial charge in [-0.05, 0) is 49.2 Å². The molecule has 0 spiro atoms. The van der Waals surface area contributed by atoms with Crippen LogP contribution < -0.4 is 5.32 Å². The lowest BCUT2D eigenvalue weighted by atomic mass is 10.1. The fourth-order valence-corrected chi connectivity index (χ4v) is 5.07. The first-order valence-electron chi connectivity index (χ1n) is 9.39. The van der Waals surface area contributed by atoms with Crippen LogP contribution in [0, 0.1) is 25.2 Å². The van der Waals surface area contributed by atoms with Gasteiger partial charge >= 0.3 is 0 Å². The summed E-state index contributed by atoms with van der Waals surface area (Å²) in [6.07, 6.45) is 0. The number of hydrogen-bond acceptors (Lipinski definition) is 5. The molecule has 1 aliphatic heterocycles. The summed E-state index contributed by atoms with van der Waals surface area (Å²) in [5, 5.41) is 12.1. The summed E-state index contributed by atoms with van der Waals surface area (Å²) in [6.45, 7) is 5.62. The molecule has 0 atom stereocenters. The Labute approximate surface area is 171 Å². The van der Waals surface area contributed by atoms with Gasteiger partial charge in [-0.15, -0.1) is 0 Å². The van der Waals surface area contributed by atoms with Crippen molar-refractivity contribution in [1.29, 1.82) is 5.26 Å². The van der Waals surface area contributed by atoms with E-state index in [1.54, 1.807) is 12.1 Å². The van der Waals surface area contributed by atoms with Gasteiger partial charge in [0, 0.05) is 31.9 Å². The predicted octanol–water partition coefficient (Wildman–Crippen LogP) is 2.12. The van der Waals surface area contributed by atoms with E-state index in [1.807, 2.05) is 43.0 Å². The van der Waals surface area contributed by atoms with Crippen LogP contribution in [0.4, 0.5) is 5.69 Å². The van der Waals surface area contributed by atoms with E-state index in [9.17, 15) is 18.5 Å². The van der Waals surface area contributed by atoms with E-state index >= 15 is 0 Å². The summed E-state index contributed by atoms with van der Waals surface area (Å²) in [5.41, 5.74) is 3.07. The number of sulfonamides is 1. The first-order valence-corrected chi connectivity index (χ1v) is 10.8. The summed E-state index contributed by atoms with van der Waals surface area (Å²) in [7, 11) is -3.73. The van der Waals surface area contributed by atoms with Gasteiger partial charge in [-0.25, -0.2) is 8.42 Å². The highest BCUT2D eigenvalue weighted by molar-refractivity contribution is 7.89. The summed E-state index contributed by atoms with van der Waals surface area (Å²) in [5.74, 6) is -0.124. The number of rotatable bonds is 5. The van der Waals surface area contributed by atoms with Gasteiger partial charge < -0.3 is 5.32 Å². The molecule has 7 nitrogen and oxygen atoms in total. The topological polar surface area (TPSA) is 93.5 Å². The van der Waals surface area contributed by atoms with E-state index < -0.39 is 10.0 Å². The van der Waals surface area contributed by atoms with Gasteiger partial charge in [-0.1, -0.05) is 18.2 Å². The van der Waals surface area contributed by atoms with Crippen molar-refractivity contribution < 1.29 is 13.2 Å². The molecule has 8 heteroatoms. The van der Waals surface area contributed by atoms with Crippen LogP contribution in [0.15, 0.2) is 47.4 Å². The second kappa shape index (κ2) is 8.74. The molecule has 29 heavy (non-hydrogen) atoms. The molecular formula is C21H24N4O3S. The molecule has 1 amide bonds. The van der Waals surface area contributed by atoms with Crippen LogP contribution in [0.2, 0.25) is 0 Å². The second-order valence-electron chi connectivity index (χ2n) is 7.21. The second-order valence-corrected chi connectivity index (χ2v) is 9.12. The highest BCUT2D eigenvalue weighted by Crippen LogP contribution is 2.21. The highest BCUT2D eigenvalue weighted by atomic mass is 32.2. The van der Waals surface area contributed by atoms with Crippen LogP contribution in [0.1, 0.15) is 16.7 Å². The normalized spacial score (nSPS) is 15.6. The van der Waals surface area contributed by atoms with Gasteiger partial charge in [0.05, 0.1) is 17.0 Å². The third-order valence-electron chi connectivity index (χ3n) is 4.83. The molecule has 0 unspecified atom stereocenters. The molecule has 0 aliphatic carbocycles. The molecule has 1 heterocycles. The van der Waals surface area contributed by atoms with Gasteiger partial charge in [0.15, 0.2) is 0 Å². The molecule has 1 N–H and O–H groups in total. The molecule has 0 aromatic heterocycles. The maximum atomic E-state index is 12.9. The highest BCUT2D eigenvalue weighted by Gasteiger charge is 2.30. The zero-order valence-corrected chi connectivity index (χ0v) is 17.4. The Morgan fingerprint density at radius 2 is 1.69 bits per heavy atom. The predicted molar refractivity (Wildman–Crippen MR) is 111 cm³/mol. The molecule has 3 rings (SSSR count). The number of benzene rings is 2. The Morgan fingerprint density at radius 1 is 1.07 bits per heavy atom. The summed E-state index contributed by atoms with van der Waals surface area (Å²) < 4.78 is 27.1. The number of piperazine rings is 1. The van der Waals surface area contributed by atoms with Crippen LogP contribution in [0.25, 0.3) is 0 Å². The van der Waals surface area contributed by atoms with Gasteiger partial charge in [0.1, 0.15) is 6.07 Å². The van der Waals surface area contributed by atoms with Gasteiger partial charge in [0.2, 0.25) is 15.9 Å². The van der Waals surface area contributed by atoms with Crippen LogP contribution in [-0.2, 0) is 14.8 Å². The SMILES string of the molecule is Cc1cc(C)cc(NC(=O)CN2CCN(S(=O)(=O)c3ccccc3C#N)CC2)c1. The quantitative estimate of drug-likeness (QED) is 0.812. The summed E-state index contributed by atoms with van der Waals surface area (Å²) >= 11 is 0. The molecule has 1 aliphatic rings. The van der Waals surface area contributed by atoms with Crippen molar-refractivity contribution in [1.82, 2.24) is 9.21 Å². The number of nitrogens with one attached hydrogen (secondary N) is 1. The van der Waals surface area contributed by atoms with Crippen LogP contribution >= 0.6 is 0 Å². The largest absolute Gasteiger partial charge is 0.325 e. The molecule has 2 aromatic carbocycles. The Bertz CT molecular complexity index is 1030. The van der Waals surface area contributed by atoms with Crippen LogP contribution in [0.3, 0.4) is 0 Å². The number of amides is 1. The number of carbonyl (C=O) groups is 1. The Kier molecular flexibility index (Phi) is 6.33. The summed E-state index contributed by atoms with van der Waals surface area (Å²) in [4.78, 5) is 14.3. The molecule has 0 radical (unpaired) electrons. The Hall–Kier alpha value is -2.73. The number of carbonyl (C=O) groups excluding carboxylic acids is 1. The van der Waals surface area contributed by atoms with Gasteiger partial charge in [0.25, 0.3) is 0 Å². The van der Waals surface area contributed by atoms with Crippen molar-refractivity contribution in [3.63, 3.8) is 0 Å². The average molecular weight is 413 g/mol. The van der Waals surface area contributed by atoms with Gasteiger partial charge in [-0.3, -0.25) is 9.69 Å². The fraction of sp³-hybridized carbons (Fsp3) is 0.333. The minimum atomic E-state index is -3.73. The molecular weight excluding hydrogens is 388 g/mol. The first-order chi connectivity index (χ1) is 13.8. The average Bonchev–Trinajstić information content (AvgIpc) is 2.67.